The van der Waals surface area contributed by atoms with Gasteiger partial charge in [-0.25, -0.2) is 0 Å². The molecule has 106 valence electrons. The maximum atomic E-state index is 11.7. The van der Waals surface area contributed by atoms with E-state index < -0.39 is 5.54 Å². The molecule has 0 bridgehead atoms. The van der Waals surface area contributed by atoms with Crippen LogP contribution < -0.4 is 15.8 Å². The predicted molar refractivity (Wildman–Crippen MR) is 77.1 cm³/mol. The van der Waals surface area contributed by atoms with Crippen LogP contribution in [0.5, 0.6) is 5.75 Å². The Kier molecular flexibility index (Phi) is 5.36. The van der Waals surface area contributed by atoms with Crippen molar-refractivity contribution in [2.45, 2.75) is 45.7 Å². The van der Waals surface area contributed by atoms with Crippen LogP contribution in [-0.2, 0) is 17.8 Å². The molecule has 0 fully saturated rings. The van der Waals surface area contributed by atoms with E-state index in [4.69, 9.17) is 10.5 Å². The normalized spacial score (nSPS) is 11.2. The van der Waals surface area contributed by atoms with Gasteiger partial charge in [0.05, 0.1) is 7.11 Å². The second-order valence-electron chi connectivity index (χ2n) is 5.44. The summed E-state index contributed by atoms with van der Waals surface area (Å²) in [5, 5.41) is 2.88. The van der Waals surface area contributed by atoms with Gasteiger partial charge < -0.3 is 15.8 Å². The molecule has 0 saturated heterocycles. The van der Waals surface area contributed by atoms with Crippen LogP contribution in [0.4, 0.5) is 0 Å². The van der Waals surface area contributed by atoms with Crippen molar-refractivity contribution < 1.29 is 9.53 Å². The van der Waals surface area contributed by atoms with Crippen LogP contribution >= 0.6 is 0 Å². The molecule has 1 aromatic rings. The van der Waals surface area contributed by atoms with E-state index in [0.717, 1.165) is 23.3 Å². The summed E-state index contributed by atoms with van der Waals surface area (Å²) >= 11 is 0. The summed E-state index contributed by atoms with van der Waals surface area (Å²) in [6.07, 6.45) is 1.23. The standard InChI is InChI=1S/C15H24N2O2/c1-5-12-8-11(6-7-13(12)19-4)10-17-14(18)9-15(2,3)16/h6-8H,5,9-10,16H2,1-4H3,(H,17,18). The molecule has 0 spiro atoms. The third kappa shape index (κ3) is 5.30. The van der Waals surface area contributed by atoms with Crippen LogP contribution in [0.1, 0.15) is 38.3 Å². The van der Waals surface area contributed by atoms with E-state index >= 15 is 0 Å². The predicted octanol–water partition coefficient (Wildman–Crippen LogP) is 2.00. The average Bonchev–Trinajstić information content (AvgIpc) is 2.33. The molecule has 0 aliphatic carbocycles. The first kappa shape index (κ1) is 15.5. The fourth-order valence-electron chi connectivity index (χ4n) is 1.90. The Bertz CT molecular complexity index is 436. The highest BCUT2D eigenvalue weighted by Crippen LogP contribution is 2.20. The first-order valence-electron chi connectivity index (χ1n) is 6.57. The van der Waals surface area contributed by atoms with Crippen molar-refractivity contribution in [3.8, 4) is 5.75 Å². The molecule has 0 aliphatic rings. The van der Waals surface area contributed by atoms with Gasteiger partial charge in [-0.2, -0.15) is 0 Å². The summed E-state index contributed by atoms with van der Waals surface area (Å²) < 4.78 is 5.28. The zero-order valence-corrected chi connectivity index (χ0v) is 12.2. The summed E-state index contributed by atoms with van der Waals surface area (Å²) in [7, 11) is 1.67. The molecule has 1 aromatic carbocycles. The Labute approximate surface area is 115 Å². The molecule has 0 aromatic heterocycles. The van der Waals surface area contributed by atoms with Gasteiger partial charge in [-0.3, -0.25) is 4.79 Å². The number of carbonyl (C=O) groups is 1. The highest BCUT2D eigenvalue weighted by molar-refractivity contribution is 5.77. The minimum atomic E-state index is -0.474. The SMILES string of the molecule is CCc1cc(CNC(=O)CC(C)(C)N)ccc1OC. The van der Waals surface area contributed by atoms with Crippen molar-refractivity contribution >= 4 is 5.91 Å². The molecule has 0 atom stereocenters. The summed E-state index contributed by atoms with van der Waals surface area (Å²) in [5.41, 5.74) is 7.55. The molecule has 0 radical (unpaired) electrons. The van der Waals surface area contributed by atoms with Gasteiger partial charge in [0.2, 0.25) is 5.91 Å². The quantitative estimate of drug-likeness (QED) is 0.826. The average molecular weight is 264 g/mol. The number of amides is 1. The van der Waals surface area contributed by atoms with Crippen molar-refractivity contribution in [2.75, 3.05) is 7.11 Å². The monoisotopic (exact) mass is 264 g/mol. The van der Waals surface area contributed by atoms with Gasteiger partial charge in [-0.15, -0.1) is 0 Å². The van der Waals surface area contributed by atoms with E-state index in [-0.39, 0.29) is 5.91 Å². The summed E-state index contributed by atoms with van der Waals surface area (Å²) in [6, 6.07) is 5.96. The Morgan fingerprint density at radius 3 is 2.63 bits per heavy atom. The van der Waals surface area contributed by atoms with Gasteiger partial charge in [-0.05, 0) is 37.5 Å². The molecule has 1 rings (SSSR count). The number of nitrogens with one attached hydrogen (secondary N) is 1. The molecular formula is C15H24N2O2. The maximum Gasteiger partial charge on any atom is 0.222 e. The molecule has 0 heterocycles. The second-order valence-corrected chi connectivity index (χ2v) is 5.44. The lowest BCUT2D eigenvalue weighted by Crippen LogP contribution is -2.38. The van der Waals surface area contributed by atoms with Gasteiger partial charge in [-0.1, -0.05) is 19.1 Å². The number of benzene rings is 1. The Morgan fingerprint density at radius 1 is 1.42 bits per heavy atom. The number of nitrogens with two attached hydrogens (primary N) is 1. The van der Waals surface area contributed by atoms with Gasteiger partial charge in [0.1, 0.15) is 5.75 Å². The van der Waals surface area contributed by atoms with E-state index in [2.05, 4.69) is 18.3 Å². The fraction of sp³-hybridized carbons (Fsp3) is 0.533. The number of ether oxygens (including phenoxy) is 1. The molecule has 0 unspecified atom stereocenters. The van der Waals surface area contributed by atoms with Gasteiger partial charge in [0, 0.05) is 18.5 Å². The zero-order valence-electron chi connectivity index (χ0n) is 12.2. The highest BCUT2D eigenvalue weighted by Gasteiger charge is 2.15. The third-order valence-electron chi connectivity index (χ3n) is 2.83. The van der Waals surface area contributed by atoms with E-state index in [1.165, 1.54) is 0 Å². The Morgan fingerprint density at radius 2 is 2.11 bits per heavy atom. The maximum absolute atomic E-state index is 11.7. The minimum absolute atomic E-state index is 0.0265. The van der Waals surface area contributed by atoms with Gasteiger partial charge >= 0.3 is 0 Å². The number of hydrogen-bond acceptors (Lipinski definition) is 3. The van der Waals surface area contributed by atoms with E-state index in [9.17, 15) is 4.79 Å². The molecule has 1 amide bonds. The number of carbonyl (C=O) groups excluding carboxylic acids is 1. The highest BCUT2D eigenvalue weighted by atomic mass is 16.5. The molecule has 19 heavy (non-hydrogen) atoms. The summed E-state index contributed by atoms with van der Waals surface area (Å²) in [4.78, 5) is 11.7. The van der Waals surface area contributed by atoms with Crippen LogP contribution in [0.25, 0.3) is 0 Å². The molecule has 4 nitrogen and oxygen atoms in total. The molecule has 4 heteroatoms. The number of hydrogen-bond donors (Lipinski definition) is 2. The number of rotatable bonds is 6. The van der Waals surface area contributed by atoms with Crippen molar-refractivity contribution in [3.05, 3.63) is 29.3 Å². The molecule has 3 N–H and O–H groups in total. The van der Waals surface area contributed by atoms with Crippen LogP contribution in [0.15, 0.2) is 18.2 Å². The Hall–Kier alpha value is -1.55. The van der Waals surface area contributed by atoms with E-state index in [1.807, 2.05) is 26.0 Å². The van der Waals surface area contributed by atoms with Crippen molar-refractivity contribution in [2.24, 2.45) is 5.73 Å². The van der Waals surface area contributed by atoms with E-state index in [0.29, 0.717) is 13.0 Å². The molecule has 0 saturated carbocycles. The van der Waals surface area contributed by atoms with Crippen LogP contribution in [0.3, 0.4) is 0 Å². The van der Waals surface area contributed by atoms with Crippen molar-refractivity contribution in [1.82, 2.24) is 5.32 Å². The smallest absolute Gasteiger partial charge is 0.222 e. The first-order valence-corrected chi connectivity index (χ1v) is 6.57. The Balaban J connectivity index is 2.61. The number of methoxy groups -OCH3 is 1. The first-order chi connectivity index (χ1) is 8.85. The summed E-state index contributed by atoms with van der Waals surface area (Å²) in [5.74, 6) is 0.863. The van der Waals surface area contributed by atoms with Gasteiger partial charge in [0.25, 0.3) is 0 Å². The van der Waals surface area contributed by atoms with Crippen molar-refractivity contribution in [3.63, 3.8) is 0 Å². The fourth-order valence-corrected chi connectivity index (χ4v) is 1.90. The lowest BCUT2D eigenvalue weighted by Gasteiger charge is -2.17. The topological polar surface area (TPSA) is 64.4 Å². The second kappa shape index (κ2) is 6.57. The molecule has 0 aliphatic heterocycles. The number of aryl methyl sites for hydroxylation is 1. The van der Waals surface area contributed by atoms with Crippen molar-refractivity contribution in [1.29, 1.82) is 0 Å². The van der Waals surface area contributed by atoms with Crippen LogP contribution in [0, 0.1) is 0 Å². The van der Waals surface area contributed by atoms with E-state index in [1.54, 1.807) is 7.11 Å². The molecular weight excluding hydrogens is 240 g/mol. The summed E-state index contributed by atoms with van der Waals surface area (Å²) in [6.45, 7) is 6.29. The van der Waals surface area contributed by atoms with Crippen LogP contribution in [0.2, 0.25) is 0 Å². The lowest BCUT2D eigenvalue weighted by molar-refractivity contribution is -0.122. The third-order valence-corrected chi connectivity index (χ3v) is 2.83. The minimum Gasteiger partial charge on any atom is -0.496 e. The largest absolute Gasteiger partial charge is 0.496 e. The lowest BCUT2D eigenvalue weighted by atomic mass is 10.0. The zero-order chi connectivity index (χ0) is 14.5. The van der Waals surface area contributed by atoms with Crippen LogP contribution in [-0.4, -0.2) is 18.6 Å². The van der Waals surface area contributed by atoms with Gasteiger partial charge in [0.15, 0.2) is 0 Å².